The zero-order valence-corrected chi connectivity index (χ0v) is 14.7. The van der Waals surface area contributed by atoms with E-state index < -0.39 is 5.91 Å². The van der Waals surface area contributed by atoms with Crippen molar-refractivity contribution in [2.24, 2.45) is 11.5 Å². The van der Waals surface area contributed by atoms with Crippen LogP contribution in [-0.2, 0) is 6.42 Å². The van der Waals surface area contributed by atoms with Crippen LogP contribution >= 0.6 is 0 Å². The van der Waals surface area contributed by atoms with Gasteiger partial charge in [-0.2, -0.15) is 0 Å². The van der Waals surface area contributed by atoms with Gasteiger partial charge in [-0.15, -0.1) is 0 Å². The van der Waals surface area contributed by atoms with Gasteiger partial charge in [-0.3, -0.25) is 4.79 Å². The lowest BCUT2D eigenvalue weighted by Crippen LogP contribution is -2.19. The van der Waals surface area contributed by atoms with Gasteiger partial charge in [0.2, 0.25) is 0 Å². The van der Waals surface area contributed by atoms with E-state index in [2.05, 4.69) is 17.2 Å². The molecule has 1 aliphatic carbocycles. The van der Waals surface area contributed by atoms with Gasteiger partial charge >= 0.3 is 0 Å². The van der Waals surface area contributed by atoms with Crippen molar-refractivity contribution in [3.05, 3.63) is 46.9 Å². The fraction of sp³-hybridized carbons (Fsp3) is 0.421. The predicted octanol–water partition coefficient (Wildman–Crippen LogP) is 2.82. The molecule has 6 heteroatoms. The Hall–Kier alpha value is -2.47. The molecule has 3 rings (SSSR count). The Morgan fingerprint density at radius 2 is 2.12 bits per heavy atom. The van der Waals surface area contributed by atoms with Gasteiger partial charge < -0.3 is 16.8 Å². The average molecular weight is 339 g/mol. The second-order valence-electron chi connectivity index (χ2n) is 6.63. The van der Waals surface area contributed by atoms with Crippen molar-refractivity contribution in [1.82, 2.24) is 9.97 Å². The second kappa shape index (κ2) is 7.19. The number of amides is 1. The molecule has 0 bridgehead atoms. The Balaban J connectivity index is 1.98. The normalized spacial score (nSPS) is 15.0. The first-order valence-corrected chi connectivity index (χ1v) is 8.81. The van der Waals surface area contributed by atoms with Gasteiger partial charge in [0.15, 0.2) is 11.5 Å². The van der Waals surface area contributed by atoms with Crippen LogP contribution in [0.3, 0.4) is 0 Å². The van der Waals surface area contributed by atoms with Crippen LogP contribution in [0, 0.1) is 0 Å². The highest BCUT2D eigenvalue weighted by Gasteiger charge is 2.30. The molecule has 1 atom stereocenters. The van der Waals surface area contributed by atoms with Crippen molar-refractivity contribution in [2.45, 2.75) is 44.9 Å². The van der Waals surface area contributed by atoms with Crippen LogP contribution < -0.4 is 16.8 Å². The minimum atomic E-state index is -0.571. The number of primary amides is 1. The lowest BCUT2D eigenvalue weighted by Gasteiger charge is -2.15. The number of aryl methyl sites for hydroxylation is 1. The molecule has 5 N–H and O–H groups in total. The molecule has 1 amide bonds. The van der Waals surface area contributed by atoms with E-state index >= 15 is 0 Å². The fourth-order valence-corrected chi connectivity index (χ4v) is 2.88. The van der Waals surface area contributed by atoms with Gasteiger partial charge in [0.1, 0.15) is 0 Å². The third-order valence-electron chi connectivity index (χ3n) is 4.60. The van der Waals surface area contributed by atoms with E-state index in [0.29, 0.717) is 18.3 Å². The average Bonchev–Trinajstić information content (AvgIpc) is 3.45. The largest absolute Gasteiger partial charge is 0.364 e. The summed E-state index contributed by atoms with van der Waals surface area (Å²) < 4.78 is 0. The lowest BCUT2D eigenvalue weighted by atomic mass is 10.0. The zero-order valence-electron chi connectivity index (χ0n) is 14.7. The Bertz CT molecular complexity index is 785. The van der Waals surface area contributed by atoms with Gasteiger partial charge in [-0.25, -0.2) is 9.97 Å². The molecule has 1 aliphatic rings. The molecule has 132 valence electrons. The minimum absolute atomic E-state index is 0.193. The smallest absolute Gasteiger partial charge is 0.271 e. The molecule has 1 unspecified atom stereocenters. The van der Waals surface area contributed by atoms with E-state index in [9.17, 15) is 4.79 Å². The standard InChI is InChI=1S/C19H25N5O/c1-3-15-16(12-7-8-12)24-19(17(23-15)18(21)25)22-14-6-4-5-13(9-14)11(2)10-20/h4-6,9,11-12H,3,7-8,10,20H2,1-2H3,(H2,21,25)(H,22,24). The third-order valence-corrected chi connectivity index (χ3v) is 4.60. The first kappa shape index (κ1) is 17.4. The molecule has 25 heavy (non-hydrogen) atoms. The Morgan fingerprint density at radius 3 is 2.72 bits per heavy atom. The first-order chi connectivity index (χ1) is 12.0. The number of hydrogen-bond donors (Lipinski definition) is 3. The monoisotopic (exact) mass is 339 g/mol. The maximum Gasteiger partial charge on any atom is 0.271 e. The molecule has 0 spiro atoms. The molecule has 0 saturated heterocycles. The second-order valence-corrected chi connectivity index (χ2v) is 6.63. The van der Waals surface area contributed by atoms with E-state index in [1.807, 2.05) is 31.2 Å². The zero-order chi connectivity index (χ0) is 18.0. The van der Waals surface area contributed by atoms with Crippen LogP contribution in [0.15, 0.2) is 24.3 Å². The molecule has 0 aliphatic heterocycles. The molecule has 1 saturated carbocycles. The lowest BCUT2D eigenvalue weighted by molar-refractivity contribution is 0.0996. The van der Waals surface area contributed by atoms with Crippen LogP contribution in [0.2, 0.25) is 0 Å². The highest BCUT2D eigenvalue weighted by atomic mass is 16.1. The van der Waals surface area contributed by atoms with Gasteiger partial charge in [0.05, 0.1) is 11.4 Å². The number of nitrogens with zero attached hydrogens (tertiary/aromatic N) is 2. The Morgan fingerprint density at radius 1 is 1.36 bits per heavy atom. The summed E-state index contributed by atoms with van der Waals surface area (Å²) in [5.41, 5.74) is 15.3. The molecular weight excluding hydrogens is 314 g/mol. The van der Waals surface area contributed by atoms with E-state index in [1.165, 1.54) is 0 Å². The minimum Gasteiger partial charge on any atom is -0.364 e. The third kappa shape index (κ3) is 3.79. The quantitative estimate of drug-likeness (QED) is 0.719. The Labute approximate surface area is 148 Å². The van der Waals surface area contributed by atoms with Crippen molar-refractivity contribution in [3.63, 3.8) is 0 Å². The SMILES string of the molecule is CCc1nc(C(N)=O)c(Nc2cccc(C(C)CN)c2)nc1C1CC1. The fourth-order valence-electron chi connectivity index (χ4n) is 2.88. The van der Waals surface area contributed by atoms with Crippen molar-refractivity contribution < 1.29 is 4.79 Å². The van der Waals surface area contributed by atoms with Crippen LogP contribution in [0.25, 0.3) is 0 Å². The van der Waals surface area contributed by atoms with Crippen molar-refractivity contribution in [3.8, 4) is 0 Å². The number of nitrogens with one attached hydrogen (secondary N) is 1. The van der Waals surface area contributed by atoms with E-state index in [1.54, 1.807) is 0 Å². The summed E-state index contributed by atoms with van der Waals surface area (Å²) in [6.07, 6.45) is 2.99. The van der Waals surface area contributed by atoms with Crippen molar-refractivity contribution in [2.75, 3.05) is 11.9 Å². The predicted molar refractivity (Wildman–Crippen MR) is 99.1 cm³/mol. The molecule has 1 aromatic heterocycles. The summed E-state index contributed by atoms with van der Waals surface area (Å²) in [5, 5.41) is 3.23. The number of rotatable bonds is 7. The molecule has 2 aromatic rings. The van der Waals surface area contributed by atoms with Crippen LogP contribution in [-0.4, -0.2) is 22.4 Å². The Kier molecular flexibility index (Phi) is 4.99. The number of carbonyl (C=O) groups excluding carboxylic acids is 1. The topological polar surface area (TPSA) is 107 Å². The number of carbonyl (C=O) groups is 1. The number of anilines is 2. The summed E-state index contributed by atoms with van der Waals surface area (Å²) in [6, 6.07) is 7.96. The maximum absolute atomic E-state index is 11.9. The molecule has 1 aromatic carbocycles. The number of hydrogen-bond acceptors (Lipinski definition) is 5. The van der Waals surface area contributed by atoms with Crippen molar-refractivity contribution in [1.29, 1.82) is 0 Å². The summed E-state index contributed by atoms with van der Waals surface area (Å²) in [6.45, 7) is 4.67. The van der Waals surface area contributed by atoms with Gasteiger partial charge in [-0.1, -0.05) is 26.0 Å². The highest BCUT2D eigenvalue weighted by molar-refractivity contribution is 5.96. The molecular formula is C19H25N5O. The van der Waals surface area contributed by atoms with Crippen LogP contribution in [0.5, 0.6) is 0 Å². The van der Waals surface area contributed by atoms with Crippen LogP contribution in [0.4, 0.5) is 11.5 Å². The first-order valence-electron chi connectivity index (χ1n) is 8.81. The summed E-state index contributed by atoms with van der Waals surface area (Å²) in [7, 11) is 0. The number of aromatic nitrogens is 2. The molecule has 1 heterocycles. The van der Waals surface area contributed by atoms with E-state index in [-0.39, 0.29) is 11.6 Å². The van der Waals surface area contributed by atoms with Gasteiger partial charge in [0.25, 0.3) is 5.91 Å². The molecule has 0 radical (unpaired) electrons. The number of nitrogens with two attached hydrogens (primary N) is 2. The summed E-state index contributed by atoms with van der Waals surface area (Å²) in [4.78, 5) is 21.1. The van der Waals surface area contributed by atoms with Crippen molar-refractivity contribution >= 4 is 17.4 Å². The van der Waals surface area contributed by atoms with Gasteiger partial charge in [0, 0.05) is 11.6 Å². The van der Waals surface area contributed by atoms with Crippen LogP contribution in [0.1, 0.15) is 66.0 Å². The number of benzene rings is 1. The highest BCUT2D eigenvalue weighted by Crippen LogP contribution is 2.41. The summed E-state index contributed by atoms with van der Waals surface area (Å²) in [5.74, 6) is 0.573. The molecule has 1 fully saturated rings. The van der Waals surface area contributed by atoms with E-state index in [0.717, 1.165) is 41.9 Å². The summed E-state index contributed by atoms with van der Waals surface area (Å²) >= 11 is 0. The van der Waals surface area contributed by atoms with E-state index in [4.69, 9.17) is 16.5 Å². The van der Waals surface area contributed by atoms with Gasteiger partial charge in [-0.05, 0) is 49.4 Å². The molecule has 6 nitrogen and oxygen atoms in total. The maximum atomic E-state index is 11.9.